The van der Waals surface area contributed by atoms with Crippen molar-refractivity contribution in [3.63, 3.8) is 0 Å². The summed E-state index contributed by atoms with van der Waals surface area (Å²) in [5.74, 6) is -0.946. The molecule has 0 fully saturated rings. The van der Waals surface area contributed by atoms with Gasteiger partial charge in [0.1, 0.15) is 0 Å². The van der Waals surface area contributed by atoms with E-state index in [1.807, 2.05) is 31.2 Å². The monoisotopic (exact) mass is 305 g/mol. The number of benzene rings is 1. The molecule has 0 bridgehead atoms. The molecule has 18 heavy (non-hydrogen) atoms. The van der Waals surface area contributed by atoms with Crippen LogP contribution in [0.2, 0.25) is 0 Å². The Bertz CT molecular complexity index is 606. The topological polar surface area (TPSA) is 50.2 Å². The lowest BCUT2D eigenvalue weighted by molar-refractivity contribution is 0.0695. The smallest absolute Gasteiger partial charge is 0.337 e. The van der Waals surface area contributed by atoms with E-state index < -0.39 is 5.97 Å². The van der Waals surface area contributed by atoms with Crippen LogP contribution in [0.3, 0.4) is 0 Å². The van der Waals surface area contributed by atoms with E-state index in [-0.39, 0.29) is 5.56 Å². The summed E-state index contributed by atoms with van der Waals surface area (Å²) in [5, 5.41) is 9.12. The summed E-state index contributed by atoms with van der Waals surface area (Å²) in [6.45, 7) is 3.60. The first kappa shape index (κ1) is 12.8. The number of rotatable bonds is 2. The Balaban J connectivity index is 2.60. The van der Waals surface area contributed by atoms with Crippen molar-refractivity contribution >= 4 is 21.9 Å². The van der Waals surface area contributed by atoms with E-state index in [1.54, 1.807) is 13.0 Å². The maximum Gasteiger partial charge on any atom is 0.337 e. The first-order valence-electron chi connectivity index (χ1n) is 5.46. The number of aromatic nitrogens is 1. The number of carbonyl (C=O) groups is 1. The van der Waals surface area contributed by atoms with Crippen LogP contribution in [0.15, 0.2) is 34.8 Å². The highest BCUT2D eigenvalue weighted by molar-refractivity contribution is 9.10. The average molecular weight is 306 g/mol. The first-order chi connectivity index (χ1) is 8.49. The van der Waals surface area contributed by atoms with Crippen molar-refractivity contribution in [2.45, 2.75) is 13.8 Å². The van der Waals surface area contributed by atoms with Crippen LogP contribution in [-0.2, 0) is 0 Å². The van der Waals surface area contributed by atoms with Gasteiger partial charge in [-0.05, 0) is 37.6 Å². The molecule has 1 N–H and O–H groups in total. The van der Waals surface area contributed by atoms with E-state index in [4.69, 9.17) is 5.11 Å². The van der Waals surface area contributed by atoms with Gasteiger partial charge in [-0.25, -0.2) is 4.79 Å². The molecular weight excluding hydrogens is 294 g/mol. The van der Waals surface area contributed by atoms with E-state index >= 15 is 0 Å². The molecule has 2 aromatic rings. The third-order valence-corrected chi connectivity index (χ3v) is 3.32. The van der Waals surface area contributed by atoms with Gasteiger partial charge in [0.05, 0.1) is 11.3 Å². The van der Waals surface area contributed by atoms with Crippen molar-refractivity contribution in [2.75, 3.05) is 0 Å². The van der Waals surface area contributed by atoms with Gasteiger partial charge in [0, 0.05) is 15.7 Å². The number of aromatic carboxylic acids is 1. The van der Waals surface area contributed by atoms with Gasteiger partial charge in [-0.3, -0.25) is 4.98 Å². The van der Waals surface area contributed by atoms with Gasteiger partial charge in [0.25, 0.3) is 0 Å². The average Bonchev–Trinajstić information content (AvgIpc) is 2.30. The summed E-state index contributed by atoms with van der Waals surface area (Å²) in [4.78, 5) is 15.4. The van der Waals surface area contributed by atoms with Crippen molar-refractivity contribution in [1.29, 1.82) is 0 Å². The van der Waals surface area contributed by atoms with E-state index in [9.17, 15) is 4.79 Å². The summed E-state index contributed by atoms with van der Waals surface area (Å²) < 4.78 is 0.988. The molecule has 0 amide bonds. The van der Waals surface area contributed by atoms with Crippen LogP contribution in [0.25, 0.3) is 11.1 Å². The highest BCUT2D eigenvalue weighted by Gasteiger charge is 2.12. The number of nitrogens with zero attached hydrogens (tertiary/aromatic N) is 1. The zero-order valence-electron chi connectivity index (χ0n) is 10.1. The molecule has 92 valence electrons. The van der Waals surface area contributed by atoms with Crippen molar-refractivity contribution in [1.82, 2.24) is 4.98 Å². The van der Waals surface area contributed by atoms with Crippen molar-refractivity contribution in [3.05, 3.63) is 51.8 Å². The number of carboxylic acids is 1. The van der Waals surface area contributed by atoms with Gasteiger partial charge >= 0.3 is 5.97 Å². The normalized spacial score (nSPS) is 10.4. The third kappa shape index (κ3) is 2.43. The van der Waals surface area contributed by atoms with E-state index in [2.05, 4.69) is 20.9 Å². The molecule has 1 aromatic heterocycles. The molecule has 0 saturated carbocycles. The maximum atomic E-state index is 11.1. The third-order valence-electron chi connectivity index (χ3n) is 2.79. The van der Waals surface area contributed by atoms with Gasteiger partial charge in [0.2, 0.25) is 0 Å². The molecule has 0 aliphatic heterocycles. The van der Waals surface area contributed by atoms with Crippen LogP contribution in [0, 0.1) is 13.8 Å². The fourth-order valence-corrected chi connectivity index (χ4v) is 2.13. The number of halogens is 1. The minimum Gasteiger partial charge on any atom is -0.478 e. The van der Waals surface area contributed by atoms with Crippen LogP contribution in [-0.4, -0.2) is 16.1 Å². The summed E-state index contributed by atoms with van der Waals surface area (Å²) >= 11 is 3.38. The molecule has 0 radical (unpaired) electrons. The molecule has 0 unspecified atom stereocenters. The van der Waals surface area contributed by atoms with Crippen LogP contribution >= 0.6 is 15.9 Å². The molecule has 1 heterocycles. The molecule has 0 aliphatic carbocycles. The predicted molar refractivity (Wildman–Crippen MR) is 73.8 cm³/mol. The first-order valence-corrected chi connectivity index (χ1v) is 6.26. The van der Waals surface area contributed by atoms with Gasteiger partial charge in [-0.2, -0.15) is 0 Å². The van der Waals surface area contributed by atoms with Crippen molar-refractivity contribution < 1.29 is 9.90 Å². The molecule has 4 heteroatoms. The summed E-state index contributed by atoms with van der Waals surface area (Å²) in [7, 11) is 0. The number of hydrogen-bond donors (Lipinski definition) is 1. The second kappa shape index (κ2) is 4.90. The predicted octanol–water partition coefficient (Wildman–Crippen LogP) is 3.83. The van der Waals surface area contributed by atoms with Crippen LogP contribution in [0.1, 0.15) is 21.7 Å². The number of pyridine rings is 1. The van der Waals surface area contributed by atoms with Gasteiger partial charge in [-0.1, -0.05) is 28.1 Å². The second-order valence-electron chi connectivity index (χ2n) is 4.07. The molecule has 0 atom stereocenters. The molecular formula is C14H12BrNO2. The Morgan fingerprint density at radius 3 is 2.33 bits per heavy atom. The van der Waals surface area contributed by atoms with E-state index in [0.29, 0.717) is 5.69 Å². The van der Waals surface area contributed by atoms with Gasteiger partial charge in [0.15, 0.2) is 0 Å². The van der Waals surface area contributed by atoms with Gasteiger partial charge < -0.3 is 5.11 Å². The highest BCUT2D eigenvalue weighted by Crippen LogP contribution is 2.26. The van der Waals surface area contributed by atoms with Crippen molar-refractivity contribution in [2.24, 2.45) is 0 Å². The lowest BCUT2D eigenvalue weighted by Crippen LogP contribution is -2.04. The second-order valence-corrected chi connectivity index (χ2v) is 4.98. The SMILES string of the molecule is Cc1nc(C)c(-c2ccc(Br)cc2)cc1C(=O)O. The molecule has 1 aromatic carbocycles. The molecule has 2 rings (SSSR count). The zero-order valence-corrected chi connectivity index (χ0v) is 11.7. The lowest BCUT2D eigenvalue weighted by atomic mass is 10.0. The molecule has 0 saturated heterocycles. The number of aryl methyl sites for hydroxylation is 2. The van der Waals surface area contributed by atoms with Crippen LogP contribution < -0.4 is 0 Å². The van der Waals surface area contributed by atoms with Crippen LogP contribution in [0.4, 0.5) is 0 Å². The fraction of sp³-hybridized carbons (Fsp3) is 0.143. The standard InChI is InChI=1S/C14H12BrNO2/c1-8-12(10-3-5-11(15)6-4-10)7-13(14(17)18)9(2)16-8/h3-7H,1-2H3,(H,17,18). The Kier molecular flexibility index (Phi) is 3.48. The minimum absolute atomic E-state index is 0.249. The van der Waals surface area contributed by atoms with Gasteiger partial charge in [-0.15, -0.1) is 0 Å². The zero-order chi connectivity index (χ0) is 13.3. The number of carboxylic acid groups (broad SMARTS) is 1. The van der Waals surface area contributed by atoms with E-state index in [0.717, 1.165) is 21.3 Å². The lowest BCUT2D eigenvalue weighted by Gasteiger charge is -2.09. The Morgan fingerprint density at radius 2 is 1.78 bits per heavy atom. The minimum atomic E-state index is -0.946. The van der Waals surface area contributed by atoms with Crippen LogP contribution in [0.5, 0.6) is 0 Å². The fourth-order valence-electron chi connectivity index (χ4n) is 1.86. The van der Waals surface area contributed by atoms with E-state index in [1.165, 1.54) is 0 Å². The Morgan fingerprint density at radius 1 is 1.17 bits per heavy atom. The molecule has 0 aliphatic rings. The Labute approximate surface area is 114 Å². The Hall–Kier alpha value is -1.68. The van der Waals surface area contributed by atoms with Crippen molar-refractivity contribution in [3.8, 4) is 11.1 Å². The summed E-state index contributed by atoms with van der Waals surface area (Å²) in [6, 6.07) is 9.41. The molecule has 3 nitrogen and oxygen atoms in total. The molecule has 0 spiro atoms. The highest BCUT2D eigenvalue weighted by atomic mass is 79.9. The largest absolute Gasteiger partial charge is 0.478 e. The maximum absolute atomic E-state index is 11.1. The number of hydrogen-bond acceptors (Lipinski definition) is 2. The quantitative estimate of drug-likeness (QED) is 0.917. The summed E-state index contributed by atoms with van der Waals surface area (Å²) in [5.41, 5.74) is 3.44. The summed E-state index contributed by atoms with van der Waals surface area (Å²) in [6.07, 6.45) is 0.